The van der Waals surface area contributed by atoms with Gasteiger partial charge in [0.1, 0.15) is 5.82 Å². The molecular formula is C17H16BrFN2O2. The third kappa shape index (κ3) is 5.49. The summed E-state index contributed by atoms with van der Waals surface area (Å²) >= 11 is 3.15. The highest BCUT2D eigenvalue weighted by molar-refractivity contribution is 9.10. The van der Waals surface area contributed by atoms with Gasteiger partial charge in [0, 0.05) is 23.0 Å². The van der Waals surface area contributed by atoms with E-state index in [1.807, 2.05) is 6.07 Å². The van der Waals surface area contributed by atoms with Crippen molar-refractivity contribution in [3.05, 3.63) is 64.4 Å². The molecular weight excluding hydrogens is 363 g/mol. The Bertz CT molecular complexity index is 692. The van der Waals surface area contributed by atoms with E-state index in [4.69, 9.17) is 0 Å². The molecule has 0 saturated heterocycles. The van der Waals surface area contributed by atoms with Crippen LogP contribution in [0.15, 0.2) is 53.0 Å². The Kier molecular flexibility index (Phi) is 6.29. The molecule has 2 rings (SSSR count). The maximum absolute atomic E-state index is 13.6. The van der Waals surface area contributed by atoms with Crippen LogP contribution < -0.4 is 10.6 Å². The van der Waals surface area contributed by atoms with Crippen LogP contribution in [0, 0.1) is 5.82 Å². The van der Waals surface area contributed by atoms with Crippen LogP contribution in [0.4, 0.5) is 10.1 Å². The van der Waals surface area contributed by atoms with Gasteiger partial charge in [0.2, 0.25) is 5.91 Å². The van der Waals surface area contributed by atoms with E-state index in [-0.39, 0.29) is 23.9 Å². The lowest BCUT2D eigenvalue weighted by atomic mass is 10.2. The van der Waals surface area contributed by atoms with Gasteiger partial charge in [-0.2, -0.15) is 0 Å². The van der Waals surface area contributed by atoms with Crippen LogP contribution in [-0.4, -0.2) is 18.4 Å². The van der Waals surface area contributed by atoms with Gasteiger partial charge in [-0.25, -0.2) is 4.39 Å². The van der Waals surface area contributed by atoms with E-state index in [1.54, 1.807) is 30.3 Å². The Hall–Kier alpha value is -2.21. The minimum Gasteiger partial charge on any atom is -0.352 e. The molecule has 0 aliphatic rings. The average molecular weight is 379 g/mol. The van der Waals surface area contributed by atoms with Gasteiger partial charge in [0.15, 0.2) is 0 Å². The van der Waals surface area contributed by atoms with Crippen molar-refractivity contribution >= 4 is 33.4 Å². The fourth-order valence-electron chi connectivity index (χ4n) is 1.95. The SMILES string of the molecule is O=C(CCCNC(=O)c1ccccc1)Nc1ccc(Br)cc1F. The molecule has 4 nitrogen and oxygen atoms in total. The van der Waals surface area contributed by atoms with E-state index >= 15 is 0 Å². The summed E-state index contributed by atoms with van der Waals surface area (Å²) < 4.78 is 14.2. The van der Waals surface area contributed by atoms with E-state index in [0.29, 0.717) is 23.0 Å². The zero-order valence-corrected chi connectivity index (χ0v) is 13.9. The van der Waals surface area contributed by atoms with Gasteiger partial charge in [0.25, 0.3) is 5.91 Å². The molecule has 0 aliphatic carbocycles. The second kappa shape index (κ2) is 8.43. The number of hydrogen-bond donors (Lipinski definition) is 2. The predicted octanol–water partition coefficient (Wildman–Crippen LogP) is 3.74. The lowest BCUT2D eigenvalue weighted by Gasteiger charge is -2.07. The molecule has 2 aromatic carbocycles. The second-order valence-corrected chi connectivity index (χ2v) is 5.81. The molecule has 0 aliphatic heterocycles. The molecule has 2 aromatic rings. The lowest BCUT2D eigenvalue weighted by molar-refractivity contribution is -0.116. The molecule has 120 valence electrons. The van der Waals surface area contributed by atoms with Crippen LogP contribution in [0.5, 0.6) is 0 Å². The van der Waals surface area contributed by atoms with E-state index in [1.165, 1.54) is 12.1 Å². The molecule has 2 amide bonds. The Morgan fingerprint density at radius 1 is 1.09 bits per heavy atom. The van der Waals surface area contributed by atoms with Crippen molar-refractivity contribution in [2.24, 2.45) is 0 Å². The van der Waals surface area contributed by atoms with E-state index in [9.17, 15) is 14.0 Å². The summed E-state index contributed by atoms with van der Waals surface area (Å²) in [5.74, 6) is -0.963. The lowest BCUT2D eigenvalue weighted by Crippen LogP contribution is -2.25. The zero-order valence-electron chi connectivity index (χ0n) is 12.3. The van der Waals surface area contributed by atoms with Crippen LogP contribution in [-0.2, 0) is 4.79 Å². The summed E-state index contributed by atoms with van der Waals surface area (Å²) in [6.07, 6.45) is 0.674. The first-order valence-corrected chi connectivity index (χ1v) is 7.94. The summed E-state index contributed by atoms with van der Waals surface area (Å²) in [4.78, 5) is 23.6. The van der Waals surface area contributed by atoms with Gasteiger partial charge in [-0.3, -0.25) is 9.59 Å². The minimum atomic E-state index is -0.495. The first-order valence-electron chi connectivity index (χ1n) is 7.14. The van der Waals surface area contributed by atoms with Crippen molar-refractivity contribution in [1.82, 2.24) is 5.32 Å². The van der Waals surface area contributed by atoms with E-state index in [2.05, 4.69) is 26.6 Å². The zero-order chi connectivity index (χ0) is 16.7. The number of benzene rings is 2. The molecule has 23 heavy (non-hydrogen) atoms. The Morgan fingerprint density at radius 3 is 2.52 bits per heavy atom. The molecule has 6 heteroatoms. The van der Waals surface area contributed by atoms with Crippen molar-refractivity contribution in [2.45, 2.75) is 12.8 Å². The standard InChI is InChI=1S/C17H16BrFN2O2/c18-13-8-9-15(14(19)11-13)21-16(22)7-4-10-20-17(23)12-5-2-1-3-6-12/h1-3,5-6,8-9,11H,4,7,10H2,(H,20,23)(H,21,22). The molecule has 0 aromatic heterocycles. The molecule has 0 spiro atoms. The van der Waals surface area contributed by atoms with Crippen LogP contribution in [0.25, 0.3) is 0 Å². The van der Waals surface area contributed by atoms with Crippen LogP contribution in [0.1, 0.15) is 23.2 Å². The van der Waals surface area contributed by atoms with Gasteiger partial charge >= 0.3 is 0 Å². The van der Waals surface area contributed by atoms with Crippen molar-refractivity contribution < 1.29 is 14.0 Å². The van der Waals surface area contributed by atoms with E-state index < -0.39 is 5.82 Å². The number of anilines is 1. The third-order valence-corrected chi connectivity index (χ3v) is 3.60. The van der Waals surface area contributed by atoms with Gasteiger partial charge in [-0.15, -0.1) is 0 Å². The number of amides is 2. The summed E-state index contributed by atoms with van der Waals surface area (Å²) in [5, 5.41) is 5.25. The van der Waals surface area contributed by atoms with Gasteiger partial charge < -0.3 is 10.6 Å². The molecule has 0 atom stereocenters. The largest absolute Gasteiger partial charge is 0.352 e. The molecule has 2 N–H and O–H groups in total. The predicted molar refractivity (Wildman–Crippen MR) is 90.7 cm³/mol. The number of hydrogen-bond acceptors (Lipinski definition) is 2. The van der Waals surface area contributed by atoms with Gasteiger partial charge in [-0.05, 0) is 36.8 Å². The summed E-state index contributed by atoms with van der Waals surface area (Å²) in [6, 6.07) is 13.3. The number of halogens is 2. The first kappa shape index (κ1) is 17.1. The molecule has 0 heterocycles. The molecule has 0 bridgehead atoms. The van der Waals surface area contributed by atoms with Crippen LogP contribution in [0.2, 0.25) is 0 Å². The van der Waals surface area contributed by atoms with Gasteiger partial charge in [0.05, 0.1) is 5.69 Å². The average Bonchev–Trinajstić information content (AvgIpc) is 2.55. The normalized spacial score (nSPS) is 10.2. The maximum Gasteiger partial charge on any atom is 0.251 e. The van der Waals surface area contributed by atoms with Crippen molar-refractivity contribution in [1.29, 1.82) is 0 Å². The third-order valence-electron chi connectivity index (χ3n) is 3.11. The first-order chi connectivity index (χ1) is 11.1. The number of rotatable bonds is 6. The van der Waals surface area contributed by atoms with Gasteiger partial charge in [-0.1, -0.05) is 34.1 Å². The monoisotopic (exact) mass is 378 g/mol. The Balaban J connectivity index is 1.72. The number of carbonyl (C=O) groups is 2. The quantitative estimate of drug-likeness (QED) is 0.752. The Labute approximate surface area is 142 Å². The maximum atomic E-state index is 13.6. The summed E-state index contributed by atoms with van der Waals surface area (Å²) in [5.41, 5.74) is 0.723. The topological polar surface area (TPSA) is 58.2 Å². The molecule has 0 saturated carbocycles. The second-order valence-electron chi connectivity index (χ2n) is 4.90. The molecule has 0 radical (unpaired) electrons. The minimum absolute atomic E-state index is 0.145. The highest BCUT2D eigenvalue weighted by Gasteiger charge is 2.08. The highest BCUT2D eigenvalue weighted by Crippen LogP contribution is 2.19. The van der Waals surface area contributed by atoms with Crippen molar-refractivity contribution in [3.8, 4) is 0 Å². The summed E-state index contributed by atoms with van der Waals surface area (Å²) in [7, 11) is 0. The van der Waals surface area contributed by atoms with Crippen molar-refractivity contribution in [3.63, 3.8) is 0 Å². The number of carbonyl (C=O) groups excluding carboxylic acids is 2. The fourth-order valence-corrected chi connectivity index (χ4v) is 2.28. The van der Waals surface area contributed by atoms with Crippen LogP contribution >= 0.6 is 15.9 Å². The highest BCUT2D eigenvalue weighted by atomic mass is 79.9. The smallest absolute Gasteiger partial charge is 0.251 e. The fraction of sp³-hybridized carbons (Fsp3) is 0.176. The molecule has 0 fully saturated rings. The van der Waals surface area contributed by atoms with Crippen molar-refractivity contribution in [2.75, 3.05) is 11.9 Å². The summed E-state index contributed by atoms with van der Waals surface area (Å²) in [6.45, 7) is 0.379. The Morgan fingerprint density at radius 2 is 1.83 bits per heavy atom. The molecule has 0 unspecified atom stereocenters. The van der Waals surface area contributed by atoms with E-state index in [0.717, 1.165) is 0 Å². The van der Waals surface area contributed by atoms with Crippen LogP contribution in [0.3, 0.4) is 0 Å². The number of nitrogens with one attached hydrogen (secondary N) is 2.